The number of ether oxygens (including phenoxy) is 2. The van der Waals surface area contributed by atoms with E-state index >= 15 is 0 Å². The lowest BCUT2D eigenvalue weighted by atomic mass is 9.98. The smallest absolute Gasteiger partial charge is 0.416 e. The van der Waals surface area contributed by atoms with Crippen molar-refractivity contribution in [3.8, 4) is 11.1 Å². The average Bonchev–Trinajstić information content (AvgIpc) is 3.18. The Morgan fingerprint density at radius 3 is 2.05 bits per heavy atom. The van der Waals surface area contributed by atoms with E-state index in [1.807, 2.05) is 48.5 Å². The molecular weight excluding hydrogens is 514 g/mol. The lowest BCUT2D eigenvalue weighted by Gasteiger charge is -2.25. The topological polar surface area (TPSA) is 64.6 Å². The van der Waals surface area contributed by atoms with Crippen molar-refractivity contribution in [3.63, 3.8) is 0 Å². The van der Waals surface area contributed by atoms with Gasteiger partial charge in [-0.25, -0.2) is 14.0 Å². The fraction of sp³-hybridized carbons (Fsp3) is 0.333. The highest BCUT2D eigenvalue weighted by atomic mass is 19.4. The van der Waals surface area contributed by atoms with E-state index in [2.05, 4.69) is 5.32 Å². The molecule has 1 aliphatic rings. The molecule has 0 spiro atoms. The van der Waals surface area contributed by atoms with E-state index in [0.717, 1.165) is 34.4 Å². The number of hydrogen-bond donors (Lipinski definition) is 1. The first-order chi connectivity index (χ1) is 18.3. The van der Waals surface area contributed by atoms with Crippen LogP contribution in [0.25, 0.3) is 11.1 Å². The lowest BCUT2D eigenvalue weighted by Crippen LogP contribution is -2.45. The number of alkyl halides is 3. The number of carbonyl (C=O) groups excluding carboxylic acids is 2. The second-order valence-electron chi connectivity index (χ2n) is 10.4. The third-order valence-corrected chi connectivity index (χ3v) is 6.41. The maximum Gasteiger partial charge on any atom is 0.416 e. The third-order valence-electron chi connectivity index (χ3n) is 6.41. The van der Waals surface area contributed by atoms with Crippen molar-refractivity contribution >= 4 is 12.1 Å². The molecule has 0 saturated carbocycles. The first-order valence-corrected chi connectivity index (χ1v) is 12.5. The van der Waals surface area contributed by atoms with Crippen LogP contribution < -0.4 is 5.32 Å². The molecule has 4 rings (SSSR count). The van der Waals surface area contributed by atoms with E-state index in [1.54, 1.807) is 20.8 Å². The molecule has 3 aromatic rings. The Morgan fingerprint density at radius 1 is 0.923 bits per heavy atom. The van der Waals surface area contributed by atoms with Gasteiger partial charge in [-0.3, -0.25) is 0 Å². The van der Waals surface area contributed by atoms with Crippen LogP contribution in [0.2, 0.25) is 0 Å². The Labute approximate surface area is 224 Å². The number of carbonyl (C=O) groups is 2. The third kappa shape index (κ3) is 6.77. The van der Waals surface area contributed by atoms with Gasteiger partial charge in [0, 0.05) is 5.92 Å². The summed E-state index contributed by atoms with van der Waals surface area (Å²) in [4.78, 5) is 25.6. The summed E-state index contributed by atoms with van der Waals surface area (Å²) in [6.07, 6.45) is -5.76. The van der Waals surface area contributed by atoms with Gasteiger partial charge in [-0.1, -0.05) is 54.6 Å². The van der Waals surface area contributed by atoms with Crippen LogP contribution in [-0.2, 0) is 26.9 Å². The van der Waals surface area contributed by atoms with Crippen molar-refractivity contribution < 1.29 is 36.6 Å². The van der Waals surface area contributed by atoms with Crippen LogP contribution in [0.15, 0.2) is 66.7 Å². The van der Waals surface area contributed by atoms with Crippen LogP contribution in [0.5, 0.6) is 0 Å². The van der Waals surface area contributed by atoms with E-state index in [4.69, 9.17) is 9.47 Å². The zero-order valence-corrected chi connectivity index (χ0v) is 21.8. The van der Waals surface area contributed by atoms with Crippen LogP contribution >= 0.6 is 0 Å². The Balaban J connectivity index is 1.45. The number of esters is 1. The van der Waals surface area contributed by atoms with Gasteiger partial charge < -0.3 is 14.8 Å². The maximum absolute atomic E-state index is 14.4. The maximum atomic E-state index is 14.4. The Bertz CT molecular complexity index is 1320. The van der Waals surface area contributed by atoms with Gasteiger partial charge in [-0.15, -0.1) is 0 Å². The van der Waals surface area contributed by atoms with Gasteiger partial charge in [-0.05, 0) is 73.6 Å². The fourth-order valence-corrected chi connectivity index (χ4v) is 4.63. The molecule has 1 N–H and O–H groups in total. The minimum Gasteiger partial charge on any atom is -0.458 e. The van der Waals surface area contributed by atoms with Crippen molar-refractivity contribution in [3.05, 3.63) is 94.8 Å². The molecular formula is C30H29F4NO4. The fourth-order valence-electron chi connectivity index (χ4n) is 4.63. The molecule has 0 bridgehead atoms. The largest absolute Gasteiger partial charge is 0.458 e. The highest BCUT2D eigenvalue weighted by Crippen LogP contribution is 2.44. The summed E-state index contributed by atoms with van der Waals surface area (Å²) in [7, 11) is 0. The number of nitrogens with one attached hydrogen (secondary N) is 1. The Hall–Kier alpha value is -3.88. The molecule has 3 aromatic carbocycles. The summed E-state index contributed by atoms with van der Waals surface area (Å²) in [6, 6.07) is 16.7. The standard InChI is InChI=1S/C30H29F4NO4/c1-29(2,3)39-27(36)26(15-13-18-12-14-19(16-25(18)31)30(32,33)34)35-28(37)38-17-24-22-10-6-4-8-20(22)21-9-5-7-11-23(21)24/h4-12,14,16,24,26H,13,15,17H2,1-3H3,(H,35,37). The van der Waals surface area contributed by atoms with Gasteiger partial charge >= 0.3 is 18.2 Å². The van der Waals surface area contributed by atoms with Gasteiger partial charge in [0.05, 0.1) is 5.56 Å². The monoisotopic (exact) mass is 543 g/mol. The molecule has 1 amide bonds. The Kier molecular flexibility index (Phi) is 7.99. The van der Waals surface area contributed by atoms with Crippen LogP contribution in [0.4, 0.5) is 22.4 Å². The first kappa shape index (κ1) is 28.1. The van der Waals surface area contributed by atoms with Crippen LogP contribution in [-0.4, -0.2) is 30.3 Å². The van der Waals surface area contributed by atoms with Gasteiger partial charge in [0.2, 0.25) is 0 Å². The molecule has 206 valence electrons. The molecule has 0 fully saturated rings. The summed E-state index contributed by atoms with van der Waals surface area (Å²) < 4.78 is 63.9. The number of amides is 1. The highest BCUT2D eigenvalue weighted by Gasteiger charge is 2.33. The molecule has 0 saturated heterocycles. The summed E-state index contributed by atoms with van der Waals surface area (Å²) in [6.45, 7) is 4.99. The quantitative estimate of drug-likeness (QED) is 0.257. The summed E-state index contributed by atoms with van der Waals surface area (Å²) in [5.41, 5.74) is 2.17. The number of rotatable bonds is 7. The van der Waals surface area contributed by atoms with E-state index in [-0.39, 0.29) is 30.9 Å². The second-order valence-corrected chi connectivity index (χ2v) is 10.4. The second kappa shape index (κ2) is 11.1. The zero-order chi connectivity index (χ0) is 28.4. The molecule has 1 aliphatic carbocycles. The summed E-state index contributed by atoms with van der Waals surface area (Å²) in [5, 5.41) is 2.50. The molecule has 0 heterocycles. The summed E-state index contributed by atoms with van der Waals surface area (Å²) in [5.74, 6) is -2.00. The average molecular weight is 544 g/mol. The van der Waals surface area contributed by atoms with Crippen molar-refractivity contribution in [1.82, 2.24) is 5.32 Å². The predicted molar refractivity (Wildman–Crippen MR) is 138 cm³/mol. The molecule has 1 unspecified atom stereocenters. The first-order valence-electron chi connectivity index (χ1n) is 12.5. The SMILES string of the molecule is CC(C)(C)OC(=O)C(CCc1ccc(C(F)(F)F)cc1F)NC(=O)OCC1c2ccccc2-c2ccccc21. The van der Waals surface area contributed by atoms with Gasteiger partial charge in [0.25, 0.3) is 0 Å². The molecule has 0 aliphatic heterocycles. The zero-order valence-electron chi connectivity index (χ0n) is 21.8. The van der Waals surface area contributed by atoms with E-state index < -0.39 is 41.3 Å². The van der Waals surface area contributed by atoms with Gasteiger partial charge in [-0.2, -0.15) is 13.2 Å². The van der Waals surface area contributed by atoms with E-state index in [1.165, 1.54) is 0 Å². The van der Waals surface area contributed by atoms with Crippen LogP contribution in [0.3, 0.4) is 0 Å². The molecule has 39 heavy (non-hydrogen) atoms. The number of hydrogen-bond acceptors (Lipinski definition) is 4. The van der Waals surface area contributed by atoms with Gasteiger partial charge in [0.15, 0.2) is 0 Å². The van der Waals surface area contributed by atoms with E-state index in [9.17, 15) is 27.2 Å². The number of fused-ring (bicyclic) bond motifs is 3. The number of halogens is 4. The molecule has 5 nitrogen and oxygen atoms in total. The van der Waals surface area contributed by atoms with Crippen molar-refractivity contribution in [2.24, 2.45) is 0 Å². The normalized spacial score (nSPS) is 13.8. The molecule has 0 radical (unpaired) electrons. The van der Waals surface area contributed by atoms with Crippen LogP contribution in [0.1, 0.15) is 55.4 Å². The van der Waals surface area contributed by atoms with Crippen molar-refractivity contribution in [2.75, 3.05) is 6.61 Å². The number of benzene rings is 3. The van der Waals surface area contributed by atoms with Gasteiger partial charge in [0.1, 0.15) is 24.1 Å². The predicted octanol–water partition coefficient (Wildman–Crippen LogP) is 7.03. The molecule has 0 aromatic heterocycles. The van der Waals surface area contributed by atoms with Crippen molar-refractivity contribution in [1.29, 1.82) is 0 Å². The van der Waals surface area contributed by atoms with E-state index in [0.29, 0.717) is 6.07 Å². The molecule has 1 atom stereocenters. The molecule has 9 heteroatoms. The Morgan fingerprint density at radius 2 is 1.51 bits per heavy atom. The summed E-state index contributed by atoms with van der Waals surface area (Å²) >= 11 is 0. The lowest BCUT2D eigenvalue weighted by molar-refractivity contribution is -0.157. The van der Waals surface area contributed by atoms with Crippen molar-refractivity contribution in [2.45, 2.75) is 57.3 Å². The van der Waals surface area contributed by atoms with Crippen LogP contribution in [0, 0.1) is 5.82 Å². The highest BCUT2D eigenvalue weighted by molar-refractivity contribution is 5.82. The minimum atomic E-state index is -4.68. The number of aryl methyl sites for hydroxylation is 1. The minimum absolute atomic E-state index is 0.0223. The number of alkyl carbamates (subject to hydrolysis) is 1.